The van der Waals surface area contributed by atoms with Gasteiger partial charge in [-0.1, -0.05) is 23.8 Å². The summed E-state index contributed by atoms with van der Waals surface area (Å²) in [7, 11) is 0. The van der Waals surface area contributed by atoms with Gasteiger partial charge in [0, 0.05) is 12.6 Å². The van der Waals surface area contributed by atoms with Crippen LogP contribution in [0.25, 0.3) is 0 Å². The molecule has 27 heavy (non-hydrogen) atoms. The van der Waals surface area contributed by atoms with E-state index in [0.29, 0.717) is 29.6 Å². The summed E-state index contributed by atoms with van der Waals surface area (Å²) in [4.78, 5) is 20.9. The number of aromatic nitrogens is 2. The minimum atomic E-state index is -0.289. The molecular weight excluding hydrogens is 340 g/mol. The van der Waals surface area contributed by atoms with E-state index in [1.54, 1.807) is 12.1 Å². The van der Waals surface area contributed by atoms with Gasteiger partial charge >= 0.3 is 0 Å². The maximum Gasteiger partial charge on any atom is 0.274 e. The molecule has 1 aromatic carbocycles. The number of rotatable bonds is 8. The first-order chi connectivity index (χ1) is 13.3. The third-order valence-electron chi connectivity index (χ3n) is 4.47. The van der Waals surface area contributed by atoms with Crippen molar-refractivity contribution in [2.75, 3.05) is 23.8 Å². The maximum atomic E-state index is 12.6. The molecular formula is C21H26N4O2. The molecule has 0 unspecified atom stereocenters. The van der Waals surface area contributed by atoms with Crippen LogP contribution in [0.15, 0.2) is 48.3 Å². The van der Waals surface area contributed by atoms with Crippen LogP contribution in [0.3, 0.4) is 0 Å². The standard InChI is InChI=1S/C21H26N4O2/c1-2-27-19-11-7-6-10-17(19)25-21(26)18-14-20(24-15-23-18)22-13-12-16-8-4-3-5-9-16/h6-8,10-11,14-15H,2-5,9,12-13H2,1H3,(H,25,26)(H,22,23,24). The fourth-order valence-corrected chi connectivity index (χ4v) is 3.10. The van der Waals surface area contributed by atoms with Gasteiger partial charge in [0.1, 0.15) is 23.6 Å². The van der Waals surface area contributed by atoms with Gasteiger partial charge in [-0.2, -0.15) is 0 Å². The quantitative estimate of drug-likeness (QED) is 0.676. The molecule has 1 aliphatic rings. The van der Waals surface area contributed by atoms with Crippen molar-refractivity contribution in [3.05, 3.63) is 54.0 Å². The number of carbonyl (C=O) groups is 1. The molecule has 6 nitrogen and oxygen atoms in total. The van der Waals surface area contributed by atoms with Crippen LogP contribution in [0.4, 0.5) is 11.5 Å². The van der Waals surface area contributed by atoms with Crippen molar-refractivity contribution < 1.29 is 9.53 Å². The second kappa shape index (κ2) is 9.71. The molecule has 0 saturated heterocycles. The van der Waals surface area contributed by atoms with E-state index < -0.39 is 0 Å². The maximum absolute atomic E-state index is 12.6. The van der Waals surface area contributed by atoms with Crippen molar-refractivity contribution in [1.29, 1.82) is 0 Å². The van der Waals surface area contributed by atoms with E-state index in [9.17, 15) is 4.79 Å². The van der Waals surface area contributed by atoms with Crippen LogP contribution in [0, 0.1) is 0 Å². The Labute approximate surface area is 160 Å². The molecule has 0 aliphatic heterocycles. The van der Waals surface area contributed by atoms with Gasteiger partial charge in [-0.05, 0) is 51.2 Å². The summed E-state index contributed by atoms with van der Waals surface area (Å²) in [5, 5.41) is 6.14. The fraction of sp³-hybridized carbons (Fsp3) is 0.381. The first-order valence-corrected chi connectivity index (χ1v) is 9.53. The molecule has 1 aromatic heterocycles. The predicted molar refractivity (Wildman–Crippen MR) is 107 cm³/mol. The van der Waals surface area contributed by atoms with Gasteiger partial charge < -0.3 is 15.4 Å². The lowest BCUT2D eigenvalue weighted by atomic mass is 9.97. The Morgan fingerprint density at radius 3 is 2.93 bits per heavy atom. The lowest BCUT2D eigenvalue weighted by Gasteiger charge is -2.13. The van der Waals surface area contributed by atoms with Crippen molar-refractivity contribution in [1.82, 2.24) is 9.97 Å². The van der Waals surface area contributed by atoms with Crippen molar-refractivity contribution in [2.45, 2.75) is 39.0 Å². The number of nitrogens with one attached hydrogen (secondary N) is 2. The van der Waals surface area contributed by atoms with Crippen LogP contribution in [0.5, 0.6) is 5.75 Å². The third kappa shape index (κ3) is 5.54. The fourth-order valence-electron chi connectivity index (χ4n) is 3.10. The summed E-state index contributed by atoms with van der Waals surface area (Å²) in [6.45, 7) is 3.24. The highest BCUT2D eigenvalue weighted by molar-refractivity contribution is 6.04. The summed E-state index contributed by atoms with van der Waals surface area (Å²) < 4.78 is 5.54. The van der Waals surface area contributed by atoms with Gasteiger partial charge in [0.25, 0.3) is 5.91 Å². The van der Waals surface area contributed by atoms with Gasteiger partial charge in [0.15, 0.2) is 0 Å². The molecule has 0 atom stereocenters. The van der Waals surface area contributed by atoms with E-state index in [-0.39, 0.29) is 5.91 Å². The topological polar surface area (TPSA) is 76.1 Å². The second-order valence-corrected chi connectivity index (χ2v) is 6.46. The smallest absolute Gasteiger partial charge is 0.274 e. The Bertz CT molecular complexity index is 804. The molecule has 2 aromatic rings. The van der Waals surface area contributed by atoms with Crippen molar-refractivity contribution >= 4 is 17.4 Å². The molecule has 0 saturated carbocycles. The summed E-state index contributed by atoms with van der Waals surface area (Å²) in [5.41, 5.74) is 2.45. The third-order valence-corrected chi connectivity index (χ3v) is 4.47. The molecule has 0 spiro atoms. The Morgan fingerprint density at radius 1 is 1.22 bits per heavy atom. The van der Waals surface area contributed by atoms with Crippen LogP contribution in [-0.4, -0.2) is 29.0 Å². The van der Waals surface area contributed by atoms with E-state index in [2.05, 4.69) is 26.7 Å². The molecule has 0 radical (unpaired) electrons. The summed E-state index contributed by atoms with van der Waals surface area (Å²) >= 11 is 0. The van der Waals surface area contributed by atoms with Crippen molar-refractivity contribution in [3.63, 3.8) is 0 Å². The van der Waals surface area contributed by atoms with Crippen LogP contribution in [0.2, 0.25) is 0 Å². The van der Waals surface area contributed by atoms with Crippen LogP contribution >= 0.6 is 0 Å². The summed E-state index contributed by atoms with van der Waals surface area (Å²) in [6.07, 6.45) is 9.73. The summed E-state index contributed by atoms with van der Waals surface area (Å²) in [6, 6.07) is 9.03. The zero-order valence-electron chi connectivity index (χ0n) is 15.7. The Morgan fingerprint density at radius 2 is 2.11 bits per heavy atom. The number of hydrogen-bond donors (Lipinski definition) is 2. The van der Waals surface area contributed by atoms with Gasteiger partial charge in [-0.25, -0.2) is 9.97 Å². The molecule has 142 valence electrons. The van der Waals surface area contributed by atoms with Crippen LogP contribution < -0.4 is 15.4 Å². The van der Waals surface area contributed by atoms with E-state index in [1.165, 1.54) is 37.6 Å². The normalized spacial score (nSPS) is 13.6. The molecule has 0 fully saturated rings. The molecule has 1 amide bonds. The van der Waals surface area contributed by atoms with Gasteiger partial charge in [-0.15, -0.1) is 0 Å². The number of ether oxygens (including phenoxy) is 1. The number of para-hydroxylation sites is 2. The Kier molecular flexibility index (Phi) is 6.79. The van der Waals surface area contributed by atoms with Crippen molar-refractivity contribution in [2.24, 2.45) is 0 Å². The van der Waals surface area contributed by atoms with Crippen molar-refractivity contribution in [3.8, 4) is 5.75 Å². The number of amides is 1. The lowest BCUT2D eigenvalue weighted by Crippen LogP contribution is -2.15. The average molecular weight is 366 g/mol. The average Bonchev–Trinajstić information content (AvgIpc) is 2.71. The highest BCUT2D eigenvalue weighted by Gasteiger charge is 2.12. The van der Waals surface area contributed by atoms with Crippen LogP contribution in [0.1, 0.15) is 49.5 Å². The minimum absolute atomic E-state index is 0.289. The molecule has 2 N–H and O–H groups in total. The zero-order chi connectivity index (χ0) is 18.9. The SMILES string of the molecule is CCOc1ccccc1NC(=O)c1cc(NCCC2=CCCCC2)ncn1. The number of benzene rings is 1. The minimum Gasteiger partial charge on any atom is -0.492 e. The molecule has 3 rings (SSSR count). The first-order valence-electron chi connectivity index (χ1n) is 9.53. The second-order valence-electron chi connectivity index (χ2n) is 6.46. The van der Waals surface area contributed by atoms with E-state index in [1.807, 2.05) is 25.1 Å². The van der Waals surface area contributed by atoms with E-state index in [0.717, 1.165) is 13.0 Å². The highest BCUT2D eigenvalue weighted by Crippen LogP contribution is 2.24. The van der Waals surface area contributed by atoms with Gasteiger partial charge in [0.2, 0.25) is 0 Å². The number of allylic oxidation sites excluding steroid dienone is 1. The predicted octanol–water partition coefficient (Wildman–Crippen LogP) is 4.43. The molecule has 0 bridgehead atoms. The lowest BCUT2D eigenvalue weighted by molar-refractivity contribution is 0.102. The first kappa shape index (κ1) is 18.9. The van der Waals surface area contributed by atoms with Gasteiger partial charge in [-0.3, -0.25) is 4.79 Å². The Balaban J connectivity index is 1.59. The monoisotopic (exact) mass is 366 g/mol. The molecule has 1 heterocycles. The number of nitrogens with zero attached hydrogens (tertiary/aromatic N) is 2. The Hall–Kier alpha value is -2.89. The zero-order valence-corrected chi connectivity index (χ0v) is 15.7. The number of carbonyl (C=O) groups excluding carboxylic acids is 1. The summed E-state index contributed by atoms with van der Waals surface area (Å²) in [5.74, 6) is 1.01. The largest absolute Gasteiger partial charge is 0.492 e. The molecule has 6 heteroatoms. The van der Waals surface area contributed by atoms with E-state index >= 15 is 0 Å². The highest BCUT2D eigenvalue weighted by atomic mass is 16.5. The van der Waals surface area contributed by atoms with Gasteiger partial charge in [0.05, 0.1) is 12.3 Å². The van der Waals surface area contributed by atoms with E-state index in [4.69, 9.17) is 4.74 Å². The number of anilines is 2. The molecule has 1 aliphatic carbocycles. The number of hydrogen-bond acceptors (Lipinski definition) is 5. The van der Waals surface area contributed by atoms with Crippen LogP contribution in [-0.2, 0) is 0 Å².